The number of fused-ring (bicyclic) bond motifs is 5. The lowest BCUT2D eigenvalue weighted by molar-refractivity contribution is -0.0648. The third kappa shape index (κ3) is 11.0. The molecule has 4 aliphatic carbocycles. The standard InChI is InChI=1S/C44H81NO3/c1-9-10-11-12-13-14-28-46-33-38(32-45(7)8)48-30-16-15-29-47-37-24-26-43(5)36(31-37)20-21-39-41-23-22-40(35(4)19-17-18-34(2)3)44(41,6)27-25-42(39)43/h20,34-35,37-42H,9-19,21-33H2,1-8H3/t35-,37+,38+,39+,40-,41+,42+,43+,44-/m1/s1. The van der Waals surface area contributed by atoms with Crippen molar-refractivity contribution in [1.82, 2.24) is 4.90 Å². The number of unbranched alkanes of at least 4 members (excludes halogenated alkanes) is 6. The summed E-state index contributed by atoms with van der Waals surface area (Å²) in [6.07, 6.45) is 28.6. The molecule has 0 aromatic heterocycles. The first-order valence-electron chi connectivity index (χ1n) is 21.2. The summed E-state index contributed by atoms with van der Waals surface area (Å²) in [5.74, 6) is 5.45. The number of hydrogen-bond donors (Lipinski definition) is 0. The number of ether oxygens (including phenoxy) is 3. The molecule has 4 aliphatic rings. The number of rotatable bonds is 23. The summed E-state index contributed by atoms with van der Waals surface area (Å²) in [7, 11) is 4.25. The van der Waals surface area contributed by atoms with E-state index in [-0.39, 0.29) is 6.10 Å². The van der Waals surface area contributed by atoms with Gasteiger partial charge in [0.15, 0.2) is 0 Å². The zero-order valence-electron chi connectivity index (χ0n) is 33.3. The summed E-state index contributed by atoms with van der Waals surface area (Å²) in [5.41, 5.74) is 2.75. The molecule has 0 bridgehead atoms. The van der Waals surface area contributed by atoms with Gasteiger partial charge in [-0.2, -0.15) is 0 Å². The van der Waals surface area contributed by atoms with Crippen LogP contribution >= 0.6 is 0 Å². The van der Waals surface area contributed by atoms with Gasteiger partial charge < -0.3 is 19.1 Å². The molecule has 0 N–H and O–H groups in total. The van der Waals surface area contributed by atoms with Gasteiger partial charge in [0.2, 0.25) is 0 Å². The van der Waals surface area contributed by atoms with Crippen molar-refractivity contribution in [2.24, 2.45) is 46.3 Å². The lowest BCUT2D eigenvalue weighted by atomic mass is 9.47. The maximum atomic E-state index is 6.55. The van der Waals surface area contributed by atoms with Crippen molar-refractivity contribution in [3.63, 3.8) is 0 Å². The van der Waals surface area contributed by atoms with Crippen LogP contribution in [0, 0.1) is 46.3 Å². The van der Waals surface area contributed by atoms with E-state index in [9.17, 15) is 0 Å². The molecule has 3 fully saturated rings. The average molecular weight is 672 g/mol. The SMILES string of the molecule is CCCCCCCCOC[C@H](CN(C)C)OCCCCO[C@H]1CC[C@@]2(C)C(=CC[C@H]3[C@@H]4CC[C@H]([C@H](C)CCCC(C)C)[C@@]4(C)CC[C@@H]32)C1. The Morgan fingerprint density at radius 2 is 1.56 bits per heavy atom. The zero-order valence-corrected chi connectivity index (χ0v) is 33.3. The molecule has 4 nitrogen and oxygen atoms in total. The van der Waals surface area contributed by atoms with Gasteiger partial charge in [0, 0.05) is 26.4 Å². The molecule has 0 spiro atoms. The average Bonchev–Trinajstić information content (AvgIpc) is 3.40. The fraction of sp³-hybridized carbons (Fsp3) is 0.955. The van der Waals surface area contributed by atoms with Crippen LogP contribution in [-0.2, 0) is 14.2 Å². The Bertz CT molecular complexity index is 932. The van der Waals surface area contributed by atoms with Crippen molar-refractivity contribution < 1.29 is 14.2 Å². The molecule has 4 rings (SSSR count). The molecule has 0 aliphatic heterocycles. The first kappa shape index (κ1) is 40.4. The van der Waals surface area contributed by atoms with E-state index in [0.29, 0.717) is 23.5 Å². The summed E-state index contributed by atoms with van der Waals surface area (Å²) in [5, 5.41) is 0. The van der Waals surface area contributed by atoms with E-state index in [1.807, 2.05) is 0 Å². The lowest BCUT2D eigenvalue weighted by Gasteiger charge is -2.58. The number of hydrogen-bond acceptors (Lipinski definition) is 4. The fourth-order valence-corrected chi connectivity index (χ4v) is 11.3. The predicted octanol–water partition coefficient (Wildman–Crippen LogP) is 11.5. The van der Waals surface area contributed by atoms with Crippen LogP contribution in [0.25, 0.3) is 0 Å². The van der Waals surface area contributed by atoms with Crippen LogP contribution in [0.3, 0.4) is 0 Å². The molecular weight excluding hydrogens is 590 g/mol. The molecule has 0 amide bonds. The van der Waals surface area contributed by atoms with Crippen molar-refractivity contribution in [1.29, 1.82) is 0 Å². The Balaban J connectivity index is 1.15. The van der Waals surface area contributed by atoms with Crippen LogP contribution in [-0.4, -0.2) is 64.2 Å². The monoisotopic (exact) mass is 672 g/mol. The van der Waals surface area contributed by atoms with Crippen LogP contribution < -0.4 is 0 Å². The minimum absolute atomic E-state index is 0.157. The summed E-state index contributed by atoms with van der Waals surface area (Å²) in [6, 6.07) is 0. The van der Waals surface area contributed by atoms with E-state index in [0.717, 1.165) is 74.7 Å². The molecular formula is C44H81NO3. The molecule has 4 heteroatoms. The first-order valence-corrected chi connectivity index (χ1v) is 21.2. The molecule has 48 heavy (non-hydrogen) atoms. The Kier molecular flexibility index (Phi) is 16.8. The fourth-order valence-electron chi connectivity index (χ4n) is 11.3. The highest BCUT2D eigenvalue weighted by atomic mass is 16.5. The molecule has 0 unspecified atom stereocenters. The summed E-state index contributed by atoms with van der Waals surface area (Å²) < 4.78 is 18.9. The van der Waals surface area contributed by atoms with Gasteiger partial charge in [-0.05, 0) is 131 Å². The molecule has 0 aromatic carbocycles. The largest absolute Gasteiger partial charge is 0.379 e. The minimum atomic E-state index is 0.157. The minimum Gasteiger partial charge on any atom is -0.379 e. The molecule has 0 saturated heterocycles. The highest BCUT2D eigenvalue weighted by molar-refractivity contribution is 5.25. The highest BCUT2D eigenvalue weighted by Gasteiger charge is 2.59. The van der Waals surface area contributed by atoms with Crippen molar-refractivity contribution in [3.8, 4) is 0 Å². The van der Waals surface area contributed by atoms with Crippen LogP contribution in [0.4, 0.5) is 0 Å². The quantitative estimate of drug-likeness (QED) is 0.0799. The Labute approximate surface area is 299 Å². The van der Waals surface area contributed by atoms with Gasteiger partial charge in [0.05, 0.1) is 18.8 Å². The lowest BCUT2D eigenvalue weighted by Crippen LogP contribution is -2.51. The molecule has 3 saturated carbocycles. The second kappa shape index (κ2) is 20.0. The molecule has 0 aromatic rings. The van der Waals surface area contributed by atoms with Gasteiger partial charge in [-0.3, -0.25) is 0 Å². The maximum Gasteiger partial charge on any atom is 0.0934 e. The third-order valence-corrected chi connectivity index (χ3v) is 14.0. The van der Waals surface area contributed by atoms with Crippen molar-refractivity contribution >= 4 is 0 Å². The predicted molar refractivity (Wildman–Crippen MR) is 205 cm³/mol. The highest BCUT2D eigenvalue weighted by Crippen LogP contribution is 2.67. The van der Waals surface area contributed by atoms with Crippen LogP contribution in [0.5, 0.6) is 0 Å². The second-order valence-corrected chi connectivity index (χ2v) is 18.3. The number of nitrogens with zero attached hydrogens (tertiary/aromatic N) is 1. The Morgan fingerprint density at radius 1 is 0.812 bits per heavy atom. The number of likely N-dealkylation sites (N-methyl/N-ethyl adjacent to an activating group) is 1. The van der Waals surface area contributed by atoms with E-state index in [1.165, 1.54) is 109 Å². The van der Waals surface area contributed by atoms with E-state index >= 15 is 0 Å². The Morgan fingerprint density at radius 3 is 2.33 bits per heavy atom. The molecule has 0 radical (unpaired) electrons. The topological polar surface area (TPSA) is 30.9 Å². The summed E-state index contributed by atoms with van der Waals surface area (Å²) >= 11 is 0. The van der Waals surface area contributed by atoms with E-state index < -0.39 is 0 Å². The van der Waals surface area contributed by atoms with Crippen LogP contribution in [0.2, 0.25) is 0 Å². The van der Waals surface area contributed by atoms with Crippen molar-refractivity contribution in [2.45, 2.75) is 176 Å². The molecule has 0 heterocycles. The Hall–Kier alpha value is -0.420. The van der Waals surface area contributed by atoms with E-state index in [4.69, 9.17) is 14.2 Å². The number of allylic oxidation sites excluding steroid dienone is 1. The zero-order chi connectivity index (χ0) is 34.6. The van der Waals surface area contributed by atoms with E-state index in [1.54, 1.807) is 5.57 Å². The van der Waals surface area contributed by atoms with Gasteiger partial charge in [0.25, 0.3) is 0 Å². The molecule has 280 valence electrons. The van der Waals surface area contributed by atoms with Crippen molar-refractivity contribution in [3.05, 3.63) is 11.6 Å². The first-order chi connectivity index (χ1) is 23.1. The summed E-state index contributed by atoms with van der Waals surface area (Å²) in [6.45, 7) is 19.2. The van der Waals surface area contributed by atoms with Gasteiger partial charge in [-0.1, -0.05) is 105 Å². The van der Waals surface area contributed by atoms with Gasteiger partial charge >= 0.3 is 0 Å². The van der Waals surface area contributed by atoms with E-state index in [2.05, 4.69) is 66.6 Å². The maximum absolute atomic E-state index is 6.55. The van der Waals surface area contributed by atoms with Crippen LogP contribution in [0.1, 0.15) is 164 Å². The smallest absolute Gasteiger partial charge is 0.0934 e. The second-order valence-electron chi connectivity index (χ2n) is 18.3. The van der Waals surface area contributed by atoms with Gasteiger partial charge in [-0.25, -0.2) is 0 Å². The normalized spacial score (nSPS) is 33.0. The van der Waals surface area contributed by atoms with Crippen molar-refractivity contribution in [2.75, 3.05) is 47.1 Å². The van der Waals surface area contributed by atoms with Gasteiger partial charge in [0.1, 0.15) is 0 Å². The van der Waals surface area contributed by atoms with Gasteiger partial charge in [-0.15, -0.1) is 0 Å². The molecule has 9 atom stereocenters. The third-order valence-electron chi connectivity index (χ3n) is 14.0. The summed E-state index contributed by atoms with van der Waals surface area (Å²) in [4.78, 5) is 2.22. The van der Waals surface area contributed by atoms with Crippen LogP contribution in [0.15, 0.2) is 11.6 Å².